The molecule has 10 nitrogen and oxygen atoms in total. The van der Waals surface area contributed by atoms with Gasteiger partial charge in [0.2, 0.25) is 5.91 Å². The molecule has 2 aromatic carbocycles. The van der Waals surface area contributed by atoms with Crippen LogP contribution in [0.5, 0.6) is 11.5 Å². The molecule has 5 rings (SSSR count). The summed E-state index contributed by atoms with van der Waals surface area (Å²) in [6, 6.07) is 14.2. The number of esters is 2. The Labute approximate surface area is 261 Å². The molecule has 0 unspecified atom stereocenters. The number of amidine groups is 1. The van der Waals surface area contributed by atoms with Gasteiger partial charge in [-0.3, -0.25) is 9.59 Å². The molecule has 0 bridgehead atoms. The molecule has 1 fully saturated rings. The standard InChI is InChI=1S/C33H37N3O7S/c1-5-42-31(38)22-14-16-35(17-15-22)27(37)18-23-20-44-33-34-29(21-10-8-7-9-11-21)28(32(39)43-6-2)30(36(23)33)25-19-24(40-3)12-13-26(25)41-4/h7-13,19-20,22,30H,5-6,14-18H2,1-4H3/t30-/m0/s1. The van der Waals surface area contributed by atoms with Crippen molar-refractivity contribution in [2.75, 3.05) is 40.5 Å². The monoisotopic (exact) mass is 619 g/mol. The molecular weight excluding hydrogens is 582 g/mol. The highest BCUT2D eigenvalue weighted by molar-refractivity contribution is 8.16. The van der Waals surface area contributed by atoms with Crippen molar-refractivity contribution in [2.45, 2.75) is 39.2 Å². The molecule has 3 aliphatic rings. The Kier molecular flexibility index (Phi) is 9.94. The average Bonchev–Trinajstić information content (AvgIpc) is 3.46. The van der Waals surface area contributed by atoms with Gasteiger partial charge in [0.25, 0.3) is 0 Å². The second-order valence-corrected chi connectivity index (χ2v) is 11.3. The second kappa shape index (κ2) is 14.0. The van der Waals surface area contributed by atoms with Crippen LogP contribution in [0, 0.1) is 5.92 Å². The number of ether oxygens (including phenoxy) is 4. The van der Waals surface area contributed by atoms with E-state index >= 15 is 0 Å². The Morgan fingerprint density at radius 2 is 1.68 bits per heavy atom. The SMILES string of the molecule is CCOC(=O)C1=C(c2ccccc2)N=C2SC=C(CC(=O)N3CCC(C(=O)OCC)CC3)N2[C@H]1c1cc(OC)ccc1OC. The number of carbonyl (C=O) groups is 3. The predicted octanol–water partition coefficient (Wildman–Crippen LogP) is 5.17. The lowest BCUT2D eigenvalue weighted by molar-refractivity contribution is -0.151. The summed E-state index contributed by atoms with van der Waals surface area (Å²) in [5.41, 5.74) is 2.98. The maximum absolute atomic E-state index is 13.8. The van der Waals surface area contributed by atoms with Crippen LogP contribution in [0.15, 0.2) is 70.2 Å². The fraction of sp³-hybridized carbons (Fsp3) is 0.394. The van der Waals surface area contributed by atoms with E-state index in [4.69, 9.17) is 23.9 Å². The minimum Gasteiger partial charge on any atom is -0.497 e. The Hall–Kier alpha value is -4.25. The zero-order valence-electron chi connectivity index (χ0n) is 25.4. The Morgan fingerprint density at radius 1 is 0.955 bits per heavy atom. The van der Waals surface area contributed by atoms with E-state index in [1.54, 1.807) is 45.1 Å². The van der Waals surface area contributed by atoms with Gasteiger partial charge in [-0.1, -0.05) is 42.1 Å². The van der Waals surface area contributed by atoms with Gasteiger partial charge in [0.05, 0.1) is 57.1 Å². The molecule has 3 heterocycles. The summed E-state index contributed by atoms with van der Waals surface area (Å²) in [5, 5.41) is 2.55. The van der Waals surface area contributed by atoms with Gasteiger partial charge in [-0.2, -0.15) is 0 Å². The topological polar surface area (TPSA) is 107 Å². The Balaban J connectivity index is 1.53. The number of hydrogen-bond acceptors (Lipinski definition) is 10. The van der Waals surface area contributed by atoms with Crippen molar-refractivity contribution in [3.05, 3.63) is 76.3 Å². The highest BCUT2D eigenvalue weighted by Gasteiger charge is 2.44. The van der Waals surface area contributed by atoms with Crippen LogP contribution in [0.4, 0.5) is 0 Å². The third kappa shape index (κ3) is 6.33. The quantitative estimate of drug-likeness (QED) is 0.333. The zero-order valence-corrected chi connectivity index (χ0v) is 26.2. The molecule has 0 N–H and O–H groups in total. The van der Waals surface area contributed by atoms with Crippen molar-refractivity contribution in [1.29, 1.82) is 0 Å². The van der Waals surface area contributed by atoms with Crippen LogP contribution in [0.3, 0.4) is 0 Å². The number of nitrogens with zero attached hydrogens (tertiary/aromatic N) is 3. The van der Waals surface area contributed by atoms with Crippen molar-refractivity contribution < 1.29 is 33.3 Å². The van der Waals surface area contributed by atoms with Crippen LogP contribution >= 0.6 is 11.8 Å². The predicted molar refractivity (Wildman–Crippen MR) is 168 cm³/mol. The van der Waals surface area contributed by atoms with Crippen LogP contribution in [-0.2, 0) is 23.9 Å². The molecule has 1 saturated heterocycles. The van der Waals surface area contributed by atoms with Crippen molar-refractivity contribution in [2.24, 2.45) is 10.9 Å². The fourth-order valence-corrected chi connectivity index (χ4v) is 6.65. The highest BCUT2D eigenvalue weighted by Crippen LogP contribution is 2.49. The number of hydrogen-bond donors (Lipinski definition) is 0. The van der Waals surface area contributed by atoms with Crippen molar-refractivity contribution in [1.82, 2.24) is 9.80 Å². The van der Waals surface area contributed by atoms with E-state index in [1.165, 1.54) is 11.8 Å². The van der Waals surface area contributed by atoms with E-state index in [0.717, 1.165) is 5.56 Å². The molecular formula is C33H37N3O7S. The van der Waals surface area contributed by atoms with Crippen molar-refractivity contribution >= 4 is 40.5 Å². The molecule has 3 aliphatic heterocycles. The average molecular weight is 620 g/mol. The van der Waals surface area contributed by atoms with Gasteiger partial charge in [0, 0.05) is 29.9 Å². The molecule has 0 aromatic heterocycles. The lowest BCUT2D eigenvalue weighted by atomic mass is 9.90. The van der Waals surface area contributed by atoms with Crippen LogP contribution in [-0.4, -0.2) is 73.3 Å². The van der Waals surface area contributed by atoms with E-state index in [-0.39, 0.29) is 30.8 Å². The van der Waals surface area contributed by atoms with E-state index in [2.05, 4.69) is 0 Å². The van der Waals surface area contributed by atoms with Gasteiger partial charge >= 0.3 is 11.9 Å². The van der Waals surface area contributed by atoms with E-state index in [1.807, 2.05) is 46.7 Å². The Bertz CT molecular complexity index is 1500. The minimum absolute atomic E-state index is 0.0627. The first-order chi connectivity index (χ1) is 21.4. The molecule has 11 heteroatoms. The van der Waals surface area contributed by atoms with Gasteiger partial charge in [-0.25, -0.2) is 9.79 Å². The van der Waals surface area contributed by atoms with Gasteiger partial charge in [-0.15, -0.1) is 0 Å². The molecule has 232 valence electrons. The number of methoxy groups -OCH3 is 2. The lowest BCUT2D eigenvalue weighted by Gasteiger charge is -2.38. The minimum atomic E-state index is -0.717. The summed E-state index contributed by atoms with van der Waals surface area (Å²) in [7, 11) is 3.16. The highest BCUT2D eigenvalue weighted by atomic mass is 32.2. The number of likely N-dealkylation sites (tertiary alicyclic amines) is 1. The summed E-state index contributed by atoms with van der Waals surface area (Å²) in [4.78, 5) is 48.4. The first-order valence-corrected chi connectivity index (χ1v) is 15.6. The molecule has 1 amide bonds. The smallest absolute Gasteiger partial charge is 0.338 e. The molecule has 0 radical (unpaired) electrons. The summed E-state index contributed by atoms with van der Waals surface area (Å²) in [5.74, 6) is 0.174. The normalized spacial score (nSPS) is 18.3. The summed E-state index contributed by atoms with van der Waals surface area (Å²) >= 11 is 1.40. The number of thioether (sulfide) groups is 1. The van der Waals surface area contributed by atoms with Gasteiger partial charge in [0.15, 0.2) is 5.17 Å². The third-order valence-corrected chi connectivity index (χ3v) is 8.77. The number of rotatable bonds is 10. The van der Waals surface area contributed by atoms with Crippen LogP contribution < -0.4 is 9.47 Å². The molecule has 0 spiro atoms. The number of fused-ring (bicyclic) bond motifs is 1. The van der Waals surface area contributed by atoms with Gasteiger partial charge in [0.1, 0.15) is 11.5 Å². The summed E-state index contributed by atoms with van der Waals surface area (Å²) in [6.07, 6.45) is 1.22. The van der Waals surface area contributed by atoms with Gasteiger partial charge < -0.3 is 28.7 Å². The summed E-state index contributed by atoms with van der Waals surface area (Å²) < 4.78 is 22.2. The largest absolute Gasteiger partial charge is 0.497 e. The second-order valence-electron chi connectivity index (χ2n) is 10.4. The zero-order chi connectivity index (χ0) is 31.2. The van der Waals surface area contributed by atoms with Crippen molar-refractivity contribution in [3.8, 4) is 11.5 Å². The van der Waals surface area contributed by atoms with E-state index in [9.17, 15) is 14.4 Å². The van der Waals surface area contributed by atoms with Gasteiger partial charge in [-0.05, 0) is 50.3 Å². The van der Waals surface area contributed by atoms with E-state index in [0.29, 0.717) is 71.7 Å². The first-order valence-electron chi connectivity index (χ1n) is 14.8. The maximum atomic E-state index is 13.8. The number of amides is 1. The number of aliphatic imine (C=N–C) groups is 1. The van der Waals surface area contributed by atoms with Crippen molar-refractivity contribution in [3.63, 3.8) is 0 Å². The van der Waals surface area contributed by atoms with E-state index < -0.39 is 12.0 Å². The fourth-order valence-electron chi connectivity index (χ4n) is 5.73. The Morgan fingerprint density at radius 3 is 2.34 bits per heavy atom. The molecule has 1 atom stereocenters. The first kappa shape index (κ1) is 31.2. The maximum Gasteiger partial charge on any atom is 0.338 e. The lowest BCUT2D eigenvalue weighted by Crippen LogP contribution is -2.42. The third-order valence-electron chi connectivity index (χ3n) is 7.88. The van der Waals surface area contributed by atoms with Crippen LogP contribution in [0.1, 0.15) is 50.3 Å². The molecule has 0 saturated carbocycles. The van der Waals surface area contributed by atoms with Crippen LogP contribution in [0.2, 0.25) is 0 Å². The van der Waals surface area contributed by atoms with Crippen LogP contribution in [0.25, 0.3) is 5.70 Å². The molecule has 44 heavy (non-hydrogen) atoms. The number of benzene rings is 2. The number of carbonyl (C=O) groups excluding carboxylic acids is 3. The summed E-state index contributed by atoms with van der Waals surface area (Å²) in [6.45, 7) is 5.03. The number of piperidine rings is 1. The molecule has 0 aliphatic carbocycles. The molecule has 2 aromatic rings.